The van der Waals surface area contributed by atoms with Gasteiger partial charge in [0.2, 0.25) is 0 Å². The number of alkyl halides is 3. The maximum Gasteiger partial charge on any atom is 0.573 e. The molecule has 0 saturated heterocycles. The Bertz CT molecular complexity index is 394. The molecule has 0 spiro atoms. The second kappa shape index (κ2) is 3.93. The topological polar surface area (TPSA) is 52.4 Å². The molecule has 15 heavy (non-hydrogen) atoms. The summed E-state index contributed by atoms with van der Waals surface area (Å²) in [5.41, 5.74) is -0.529. The fraction of sp³-hybridized carbons (Fsp3) is 0.143. The van der Waals surface area contributed by atoms with E-state index in [1.54, 1.807) is 0 Å². The average Bonchev–Trinajstić information content (AvgIpc) is 2.06. The molecular formula is C7H3ClF3NO3. The Labute approximate surface area is 86.4 Å². The van der Waals surface area contributed by atoms with E-state index in [0.29, 0.717) is 6.07 Å². The average molecular weight is 242 g/mol. The Morgan fingerprint density at radius 1 is 1.40 bits per heavy atom. The van der Waals surface area contributed by atoms with E-state index in [4.69, 9.17) is 11.6 Å². The number of nitro benzene ring substituents is 1. The minimum absolute atomic E-state index is 0.349. The SMILES string of the molecule is O=[N+]([O-])c1ccc(Cl)c(OC(F)(F)F)c1. The molecule has 4 nitrogen and oxygen atoms in total. The lowest BCUT2D eigenvalue weighted by atomic mass is 10.3. The summed E-state index contributed by atoms with van der Waals surface area (Å²) < 4.78 is 38.9. The monoisotopic (exact) mass is 241 g/mol. The first-order valence-electron chi connectivity index (χ1n) is 3.49. The summed E-state index contributed by atoms with van der Waals surface area (Å²) in [6.07, 6.45) is -4.93. The van der Waals surface area contributed by atoms with Gasteiger partial charge < -0.3 is 4.74 Å². The van der Waals surface area contributed by atoms with E-state index >= 15 is 0 Å². The van der Waals surface area contributed by atoms with Gasteiger partial charge in [-0.25, -0.2) is 0 Å². The highest BCUT2D eigenvalue weighted by molar-refractivity contribution is 6.32. The largest absolute Gasteiger partial charge is 0.573 e. The van der Waals surface area contributed by atoms with E-state index in [1.165, 1.54) is 0 Å². The minimum atomic E-state index is -4.93. The predicted octanol–water partition coefficient (Wildman–Crippen LogP) is 3.15. The van der Waals surface area contributed by atoms with Crippen molar-refractivity contribution in [3.63, 3.8) is 0 Å². The highest BCUT2D eigenvalue weighted by atomic mass is 35.5. The Morgan fingerprint density at radius 2 is 2.00 bits per heavy atom. The number of halogens is 4. The van der Waals surface area contributed by atoms with Crippen LogP contribution in [0.1, 0.15) is 0 Å². The molecule has 0 aliphatic carbocycles. The molecule has 1 aromatic carbocycles. The van der Waals surface area contributed by atoms with Gasteiger partial charge in [-0.3, -0.25) is 10.1 Å². The first kappa shape index (κ1) is 11.6. The molecule has 1 rings (SSSR count). The molecule has 0 aliphatic rings. The molecule has 82 valence electrons. The van der Waals surface area contributed by atoms with Crippen molar-refractivity contribution in [2.75, 3.05) is 0 Å². The lowest BCUT2D eigenvalue weighted by Crippen LogP contribution is -2.17. The molecule has 8 heteroatoms. The van der Waals surface area contributed by atoms with Gasteiger partial charge in [0.15, 0.2) is 5.75 Å². The van der Waals surface area contributed by atoms with E-state index in [1.807, 2.05) is 0 Å². The Kier molecular flexibility index (Phi) is 3.04. The van der Waals surface area contributed by atoms with Crippen LogP contribution in [0.25, 0.3) is 0 Å². The molecule has 0 bridgehead atoms. The summed E-state index contributed by atoms with van der Waals surface area (Å²) in [5.74, 6) is -0.793. The van der Waals surface area contributed by atoms with Crippen molar-refractivity contribution < 1.29 is 22.8 Å². The second-order valence-electron chi connectivity index (χ2n) is 2.42. The van der Waals surface area contributed by atoms with Gasteiger partial charge in [0.25, 0.3) is 5.69 Å². The third-order valence-electron chi connectivity index (χ3n) is 1.35. The van der Waals surface area contributed by atoms with Gasteiger partial charge in [-0.15, -0.1) is 13.2 Å². The standard InChI is InChI=1S/C7H3ClF3NO3/c8-5-2-1-4(12(13)14)3-6(5)15-7(9,10)11/h1-3H. The zero-order valence-electron chi connectivity index (χ0n) is 6.92. The van der Waals surface area contributed by atoms with Crippen molar-refractivity contribution in [1.29, 1.82) is 0 Å². The lowest BCUT2D eigenvalue weighted by Gasteiger charge is -2.09. The summed E-state index contributed by atoms with van der Waals surface area (Å²) in [4.78, 5) is 9.41. The number of hydrogen-bond donors (Lipinski definition) is 0. The number of nitrogens with zero attached hydrogens (tertiary/aromatic N) is 1. The van der Waals surface area contributed by atoms with Crippen molar-refractivity contribution >= 4 is 17.3 Å². The minimum Gasteiger partial charge on any atom is -0.404 e. The lowest BCUT2D eigenvalue weighted by molar-refractivity contribution is -0.385. The first-order valence-corrected chi connectivity index (χ1v) is 3.87. The van der Waals surface area contributed by atoms with Crippen LogP contribution in [0.5, 0.6) is 5.75 Å². The maximum atomic E-state index is 11.8. The summed E-state index contributed by atoms with van der Waals surface area (Å²) >= 11 is 5.36. The molecule has 0 unspecified atom stereocenters. The molecule has 0 fully saturated rings. The van der Waals surface area contributed by atoms with Gasteiger partial charge in [0.05, 0.1) is 16.0 Å². The number of nitro groups is 1. The molecule has 1 aromatic rings. The van der Waals surface area contributed by atoms with E-state index in [-0.39, 0.29) is 5.02 Å². The normalized spacial score (nSPS) is 11.2. The Morgan fingerprint density at radius 3 is 2.47 bits per heavy atom. The first-order chi connectivity index (χ1) is 6.79. The number of ether oxygens (including phenoxy) is 1. The van der Waals surface area contributed by atoms with Crippen molar-refractivity contribution in [3.05, 3.63) is 33.3 Å². The van der Waals surface area contributed by atoms with E-state index < -0.39 is 22.7 Å². The summed E-state index contributed by atoms with van der Waals surface area (Å²) in [5, 5.41) is 9.91. The molecule has 0 aliphatic heterocycles. The van der Waals surface area contributed by atoms with Crippen LogP contribution in [0.2, 0.25) is 5.02 Å². The van der Waals surface area contributed by atoms with Gasteiger partial charge >= 0.3 is 6.36 Å². The van der Waals surface area contributed by atoms with Crippen molar-refractivity contribution in [2.45, 2.75) is 6.36 Å². The zero-order valence-corrected chi connectivity index (χ0v) is 7.67. The van der Waals surface area contributed by atoms with Crippen molar-refractivity contribution in [1.82, 2.24) is 0 Å². The Balaban J connectivity index is 3.06. The fourth-order valence-corrected chi connectivity index (χ4v) is 0.965. The van der Waals surface area contributed by atoms with Gasteiger partial charge in [0.1, 0.15) is 0 Å². The van der Waals surface area contributed by atoms with Gasteiger partial charge in [-0.05, 0) is 6.07 Å². The number of benzene rings is 1. The van der Waals surface area contributed by atoms with E-state index in [0.717, 1.165) is 12.1 Å². The molecule has 0 amide bonds. The molecule has 0 atom stereocenters. The summed E-state index contributed by atoms with van der Waals surface area (Å²) in [7, 11) is 0. The molecule has 0 radical (unpaired) electrons. The molecule has 0 N–H and O–H groups in total. The van der Waals surface area contributed by atoms with Crippen LogP contribution >= 0.6 is 11.6 Å². The van der Waals surface area contributed by atoms with Crippen molar-refractivity contribution in [3.8, 4) is 5.75 Å². The molecule has 0 heterocycles. The predicted molar refractivity (Wildman–Crippen MR) is 44.8 cm³/mol. The third kappa shape index (κ3) is 3.28. The highest BCUT2D eigenvalue weighted by Crippen LogP contribution is 2.32. The summed E-state index contributed by atoms with van der Waals surface area (Å²) in [6.45, 7) is 0. The third-order valence-corrected chi connectivity index (χ3v) is 1.66. The van der Waals surface area contributed by atoms with Gasteiger partial charge in [-0.1, -0.05) is 11.6 Å². The van der Waals surface area contributed by atoms with E-state index in [2.05, 4.69) is 4.74 Å². The number of hydrogen-bond acceptors (Lipinski definition) is 3. The van der Waals surface area contributed by atoms with Gasteiger partial charge in [0, 0.05) is 6.07 Å². The smallest absolute Gasteiger partial charge is 0.404 e. The van der Waals surface area contributed by atoms with E-state index in [9.17, 15) is 23.3 Å². The number of rotatable bonds is 2. The summed E-state index contributed by atoms with van der Waals surface area (Å²) in [6, 6.07) is 2.54. The number of non-ortho nitro benzene ring substituents is 1. The van der Waals surface area contributed by atoms with Gasteiger partial charge in [-0.2, -0.15) is 0 Å². The Hall–Kier alpha value is -1.50. The van der Waals surface area contributed by atoms with Crippen LogP contribution in [0.4, 0.5) is 18.9 Å². The zero-order chi connectivity index (χ0) is 11.6. The van der Waals surface area contributed by atoms with Crippen LogP contribution in [0.15, 0.2) is 18.2 Å². The van der Waals surface area contributed by atoms with Crippen molar-refractivity contribution in [2.24, 2.45) is 0 Å². The van der Waals surface area contributed by atoms with Crippen LogP contribution in [-0.4, -0.2) is 11.3 Å². The quantitative estimate of drug-likeness (QED) is 0.590. The molecule has 0 aromatic heterocycles. The molecular weight excluding hydrogens is 239 g/mol. The van der Waals surface area contributed by atoms with Crippen LogP contribution in [0, 0.1) is 10.1 Å². The maximum absolute atomic E-state index is 11.8. The van der Waals surface area contributed by atoms with Crippen LogP contribution in [-0.2, 0) is 0 Å². The molecule has 0 saturated carbocycles. The highest BCUT2D eigenvalue weighted by Gasteiger charge is 2.32. The van der Waals surface area contributed by atoms with Crippen LogP contribution in [0.3, 0.4) is 0 Å². The fourth-order valence-electron chi connectivity index (χ4n) is 0.809. The second-order valence-corrected chi connectivity index (χ2v) is 2.83. The van der Waals surface area contributed by atoms with Crippen LogP contribution < -0.4 is 4.74 Å².